The van der Waals surface area contributed by atoms with Crippen molar-refractivity contribution in [2.75, 3.05) is 47.8 Å². The van der Waals surface area contributed by atoms with E-state index < -0.39 is 0 Å². The molecule has 0 unspecified atom stereocenters. The summed E-state index contributed by atoms with van der Waals surface area (Å²) in [5.74, 6) is 0.125. The van der Waals surface area contributed by atoms with Crippen LogP contribution in [0.5, 0.6) is 0 Å². The van der Waals surface area contributed by atoms with E-state index in [1.807, 2.05) is 18.2 Å². The largest absolute Gasteiger partial charge is 0.368 e. The summed E-state index contributed by atoms with van der Waals surface area (Å²) in [6.07, 6.45) is 2.27. The average molecular weight is 470 g/mol. The molecule has 178 valence electrons. The summed E-state index contributed by atoms with van der Waals surface area (Å²) >= 11 is 0. The summed E-state index contributed by atoms with van der Waals surface area (Å²) < 4.78 is 0. The van der Waals surface area contributed by atoms with Gasteiger partial charge < -0.3 is 15.1 Å². The Morgan fingerprint density at radius 2 is 1.43 bits per heavy atom. The molecule has 0 saturated carbocycles. The third-order valence-electron chi connectivity index (χ3n) is 6.42. The summed E-state index contributed by atoms with van der Waals surface area (Å²) in [6, 6.07) is 21.0. The fourth-order valence-corrected chi connectivity index (χ4v) is 4.54. The molecule has 0 bridgehead atoms. The number of pyridine rings is 1. The number of nitrogens with one attached hydrogen (secondary N) is 1. The van der Waals surface area contributed by atoms with Crippen LogP contribution in [0.15, 0.2) is 72.9 Å². The lowest BCUT2D eigenvalue weighted by Crippen LogP contribution is -2.46. The predicted octanol–water partition coefficient (Wildman–Crippen LogP) is 3.42. The van der Waals surface area contributed by atoms with Crippen molar-refractivity contribution < 1.29 is 14.4 Å². The molecule has 0 spiro atoms. The van der Waals surface area contributed by atoms with Crippen LogP contribution in [0.25, 0.3) is 0 Å². The highest BCUT2D eigenvalue weighted by atomic mass is 16.2. The predicted molar refractivity (Wildman–Crippen MR) is 135 cm³/mol. The number of aromatic nitrogens is 1. The van der Waals surface area contributed by atoms with Gasteiger partial charge in [0.2, 0.25) is 5.91 Å². The molecule has 0 aliphatic carbocycles. The Labute approximate surface area is 204 Å². The van der Waals surface area contributed by atoms with Gasteiger partial charge >= 0.3 is 0 Å². The van der Waals surface area contributed by atoms with Gasteiger partial charge in [0.05, 0.1) is 23.0 Å². The number of benzene rings is 2. The fraction of sp³-hybridized carbons (Fsp3) is 0.259. The monoisotopic (exact) mass is 469 g/mol. The second kappa shape index (κ2) is 9.97. The zero-order valence-electron chi connectivity index (χ0n) is 19.4. The van der Waals surface area contributed by atoms with E-state index in [0.717, 1.165) is 32.0 Å². The van der Waals surface area contributed by atoms with Crippen molar-refractivity contribution in [3.63, 3.8) is 0 Å². The lowest BCUT2D eigenvalue weighted by molar-refractivity contribution is -0.116. The molecule has 1 N–H and O–H groups in total. The number of imide groups is 1. The molecule has 1 aromatic heterocycles. The van der Waals surface area contributed by atoms with Crippen molar-refractivity contribution in [1.29, 1.82) is 0 Å². The van der Waals surface area contributed by atoms with Gasteiger partial charge in [-0.2, -0.15) is 0 Å². The van der Waals surface area contributed by atoms with Gasteiger partial charge in [-0.1, -0.05) is 30.3 Å². The molecular weight excluding hydrogens is 442 g/mol. The highest BCUT2D eigenvalue weighted by Gasteiger charge is 2.34. The molecule has 35 heavy (non-hydrogen) atoms. The lowest BCUT2D eigenvalue weighted by Gasteiger charge is -2.36. The normalized spacial score (nSPS) is 15.4. The molecule has 5 rings (SSSR count). The van der Waals surface area contributed by atoms with Crippen LogP contribution in [0.2, 0.25) is 0 Å². The second-order valence-corrected chi connectivity index (χ2v) is 8.67. The van der Waals surface area contributed by atoms with E-state index in [1.165, 1.54) is 10.6 Å². The van der Waals surface area contributed by atoms with Crippen LogP contribution < -0.4 is 15.1 Å². The maximum Gasteiger partial charge on any atom is 0.261 e. The summed E-state index contributed by atoms with van der Waals surface area (Å²) in [6.45, 7) is 3.83. The quantitative estimate of drug-likeness (QED) is 0.534. The number of rotatable bonds is 7. The number of carbonyl (C=O) groups is 3. The Bertz CT molecular complexity index is 1190. The third-order valence-corrected chi connectivity index (χ3v) is 6.42. The first-order valence-electron chi connectivity index (χ1n) is 11.9. The number of para-hydroxylation sites is 1. The molecule has 1 fully saturated rings. The van der Waals surface area contributed by atoms with Gasteiger partial charge in [0.15, 0.2) is 0 Å². The van der Waals surface area contributed by atoms with Crippen molar-refractivity contribution in [2.45, 2.75) is 12.8 Å². The number of fused-ring (bicyclic) bond motifs is 1. The van der Waals surface area contributed by atoms with Crippen LogP contribution in [-0.4, -0.2) is 60.3 Å². The zero-order chi connectivity index (χ0) is 24.2. The van der Waals surface area contributed by atoms with Gasteiger partial charge in [-0.25, -0.2) is 4.98 Å². The molecule has 8 heteroatoms. The number of hydrogen-bond acceptors (Lipinski definition) is 6. The first kappa shape index (κ1) is 22.6. The van der Waals surface area contributed by atoms with Crippen molar-refractivity contribution in [3.8, 4) is 0 Å². The van der Waals surface area contributed by atoms with E-state index in [2.05, 4.69) is 44.4 Å². The summed E-state index contributed by atoms with van der Waals surface area (Å²) in [7, 11) is 0. The van der Waals surface area contributed by atoms with E-state index >= 15 is 0 Å². The molecule has 0 radical (unpaired) electrons. The van der Waals surface area contributed by atoms with Crippen molar-refractivity contribution in [3.05, 3.63) is 84.1 Å². The maximum atomic E-state index is 12.4. The minimum absolute atomic E-state index is 0.173. The molecule has 3 heterocycles. The molecular formula is C27H27N5O3. The van der Waals surface area contributed by atoms with Crippen LogP contribution >= 0.6 is 0 Å². The Morgan fingerprint density at radius 1 is 0.800 bits per heavy atom. The minimum Gasteiger partial charge on any atom is -0.368 e. The van der Waals surface area contributed by atoms with E-state index in [9.17, 15) is 14.4 Å². The summed E-state index contributed by atoms with van der Waals surface area (Å²) in [5, 5.41) is 2.85. The molecule has 1 saturated heterocycles. The number of hydrogen-bond donors (Lipinski definition) is 1. The fourth-order valence-electron chi connectivity index (χ4n) is 4.54. The smallest absolute Gasteiger partial charge is 0.261 e. The molecule has 2 aliphatic heterocycles. The van der Waals surface area contributed by atoms with Crippen molar-refractivity contribution in [1.82, 2.24) is 9.88 Å². The average Bonchev–Trinajstić information content (AvgIpc) is 3.15. The van der Waals surface area contributed by atoms with E-state index in [4.69, 9.17) is 0 Å². The zero-order valence-corrected chi connectivity index (χ0v) is 19.4. The van der Waals surface area contributed by atoms with Gasteiger partial charge in [0.1, 0.15) is 5.82 Å². The number of amides is 3. The standard InChI is InChI=1S/C27H27N5O3/c33-25(11-6-14-32-26(34)22-9-4-5-10-23(22)27(32)35)29-20-12-13-24(28-19-20)31-17-15-30(16-18-31)21-7-2-1-3-8-21/h1-5,7-10,12-13,19H,6,11,14-18H2,(H,29,33). The highest BCUT2D eigenvalue weighted by Crippen LogP contribution is 2.23. The van der Waals surface area contributed by atoms with Gasteiger partial charge in [0.25, 0.3) is 11.8 Å². The first-order chi connectivity index (χ1) is 17.1. The maximum absolute atomic E-state index is 12.4. The van der Waals surface area contributed by atoms with Crippen molar-refractivity contribution >= 4 is 34.9 Å². The molecule has 3 amide bonds. The van der Waals surface area contributed by atoms with Crippen LogP contribution in [0, 0.1) is 0 Å². The second-order valence-electron chi connectivity index (χ2n) is 8.67. The van der Waals surface area contributed by atoms with Gasteiger partial charge in [-0.3, -0.25) is 19.3 Å². The molecule has 2 aromatic carbocycles. The Hall–Kier alpha value is -4.20. The molecule has 0 atom stereocenters. The van der Waals surface area contributed by atoms with Gasteiger partial charge in [0, 0.05) is 44.8 Å². The number of anilines is 3. The van der Waals surface area contributed by atoms with Crippen LogP contribution in [-0.2, 0) is 4.79 Å². The number of carbonyl (C=O) groups excluding carboxylic acids is 3. The van der Waals surface area contributed by atoms with Crippen molar-refractivity contribution in [2.24, 2.45) is 0 Å². The van der Waals surface area contributed by atoms with E-state index in [-0.39, 0.29) is 30.7 Å². The Morgan fingerprint density at radius 3 is 2.06 bits per heavy atom. The Kier molecular flexibility index (Phi) is 6.43. The topological polar surface area (TPSA) is 85.8 Å². The van der Waals surface area contributed by atoms with E-state index in [1.54, 1.807) is 30.5 Å². The summed E-state index contributed by atoms with van der Waals surface area (Å²) in [4.78, 5) is 47.6. The van der Waals surface area contributed by atoms with Gasteiger partial charge in [-0.15, -0.1) is 0 Å². The highest BCUT2D eigenvalue weighted by molar-refractivity contribution is 6.21. The Balaban J connectivity index is 1.07. The SMILES string of the molecule is O=C(CCCN1C(=O)c2ccccc2C1=O)Nc1ccc(N2CCN(c3ccccc3)CC2)nc1. The van der Waals surface area contributed by atoms with Gasteiger partial charge in [-0.05, 0) is 42.8 Å². The third kappa shape index (κ3) is 4.87. The van der Waals surface area contributed by atoms with Crippen LogP contribution in [0.4, 0.5) is 17.2 Å². The van der Waals surface area contributed by atoms with Crippen LogP contribution in [0.1, 0.15) is 33.6 Å². The summed E-state index contributed by atoms with van der Waals surface area (Å²) in [5.41, 5.74) is 2.72. The number of nitrogens with zero attached hydrogens (tertiary/aromatic N) is 4. The van der Waals surface area contributed by atoms with E-state index in [0.29, 0.717) is 23.2 Å². The van der Waals surface area contributed by atoms with Crippen LogP contribution in [0.3, 0.4) is 0 Å². The lowest BCUT2D eigenvalue weighted by atomic mass is 10.1. The molecule has 2 aliphatic rings. The first-order valence-corrected chi connectivity index (χ1v) is 11.9. The molecule has 8 nitrogen and oxygen atoms in total. The molecule has 3 aromatic rings. The minimum atomic E-state index is -0.296. The number of piperazine rings is 1.